The Labute approximate surface area is 100 Å². The summed E-state index contributed by atoms with van der Waals surface area (Å²) in [6, 6.07) is 4.28. The van der Waals surface area contributed by atoms with Crippen molar-refractivity contribution in [3.05, 3.63) is 46.4 Å². The topological polar surface area (TPSA) is 25.8 Å². The molecular weight excluding hydrogens is 220 g/mol. The molecule has 0 saturated carbocycles. The van der Waals surface area contributed by atoms with Gasteiger partial charge in [-0.25, -0.2) is 9.97 Å². The average molecular weight is 233 g/mol. The number of hydrogen-bond acceptors (Lipinski definition) is 2. The number of aryl methyl sites for hydroxylation is 3. The molecule has 0 saturated heterocycles. The Bertz CT molecular complexity index is 512. The number of benzene rings is 1. The van der Waals surface area contributed by atoms with E-state index in [0.29, 0.717) is 5.02 Å². The first kappa shape index (κ1) is 11.1. The van der Waals surface area contributed by atoms with Gasteiger partial charge in [0.25, 0.3) is 0 Å². The third kappa shape index (κ3) is 1.93. The van der Waals surface area contributed by atoms with Crippen molar-refractivity contribution in [1.82, 2.24) is 9.97 Å². The van der Waals surface area contributed by atoms with E-state index in [0.717, 1.165) is 11.3 Å². The Morgan fingerprint density at radius 1 is 1.06 bits per heavy atom. The Kier molecular flexibility index (Phi) is 2.92. The molecule has 2 nitrogen and oxygen atoms in total. The van der Waals surface area contributed by atoms with E-state index < -0.39 is 0 Å². The lowest BCUT2D eigenvalue weighted by Gasteiger charge is -2.11. The average Bonchev–Trinajstić information content (AvgIpc) is 2.19. The van der Waals surface area contributed by atoms with Gasteiger partial charge in [0.2, 0.25) is 0 Å². The third-order valence-corrected chi connectivity index (χ3v) is 2.86. The number of rotatable bonds is 1. The van der Waals surface area contributed by atoms with Crippen molar-refractivity contribution in [2.45, 2.75) is 20.8 Å². The van der Waals surface area contributed by atoms with Crippen molar-refractivity contribution in [3.63, 3.8) is 0 Å². The van der Waals surface area contributed by atoms with Gasteiger partial charge in [-0.3, -0.25) is 0 Å². The molecule has 0 spiro atoms. The van der Waals surface area contributed by atoms with Crippen LogP contribution in [-0.2, 0) is 0 Å². The van der Waals surface area contributed by atoms with Gasteiger partial charge < -0.3 is 0 Å². The summed E-state index contributed by atoms with van der Waals surface area (Å²) >= 11 is 6.12. The van der Waals surface area contributed by atoms with E-state index in [-0.39, 0.29) is 0 Å². The highest BCUT2D eigenvalue weighted by molar-refractivity contribution is 6.32. The Morgan fingerprint density at radius 3 is 2.25 bits per heavy atom. The molecule has 1 aromatic carbocycles. The maximum Gasteiger partial charge on any atom is 0.116 e. The molecule has 1 heterocycles. The zero-order valence-electron chi connectivity index (χ0n) is 9.58. The van der Waals surface area contributed by atoms with Gasteiger partial charge >= 0.3 is 0 Å². The van der Waals surface area contributed by atoms with Crippen molar-refractivity contribution in [3.8, 4) is 11.3 Å². The minimum atomic E-state index is 0.595. The maximum atomic E-state index is 6.12. The zero-order valence-corrected chi connectivity index (χ0v) is 10.3. The van der Waals surface area contributed by atoms with Crippen molar-refractivity contribution in [1.29, 1.82) is 0 Å². The van der Waals surface area contributed by atoms with E-state index in [1.807, 2.05) is 0 Å². The summed E-state index contributed by atoms with van der Waals surface area (Å²) < 4.78 is 0. The third-order valence-electron chi connectivity index (χ3n) is 2.58. The lowest BCUT2D eigenvalue weighted by atomic mass is 9.97. The first-order valence-electron chi connectivity index (χ1n) is 5.13. The fourth-order valence-corrected chi connectivity index (χ4v) is 2.25. The second-order valence-electron chi connectivity index (χ2n) is 3.99. The largest absolute Gasteiger partial charge is 0.243 e. The van der Waals surface area contributed by atoms with E-state index in [9.17, 15) is 0 Å². The number of aromatic nitrogens is 2. The summed E-state index contributed by atoms with van der Waals surface area (Å²) in [5, 5.41) is 0.595. The molecule has 2 rings (SSSR count). The molecule has 0 N–H and O–H groups in total. The fourth-order valence-electron chi connectivity index (χ4n) is 2.05. The molecule has 0 atom stereocenters. The molecule has 0 fully saturated rings. The van der Waals surface area contributed by atoms with Crippen LogP contribution < -0.4 is 0 Å². The quantitative estimate of drug-likeness (QED) is 0.749. The van der Waals surface area contributed by atoms with Crippen molar-refractivity contribution < 1.29 is 0 Å². The summed E-state index contributed by atoms with van der Waals surface area (Å²) in [6.07, 6.45) is 3.16. The minimum Gasteiger partial charge on any atom is -0.243 e. The SMILES string of the molecule is Cc1cc(C)c(-c2ncncc2Cl)c(C)c1. The predicted octanol–water partition coefficient (Wildman–Crippen LogP) is 3.72. The maximum absolute atomic E-state index is 6.12. The molecule has 0 radical (unpaired) electrons. The van der Waals surface area contributed by atoms with Gasteiger partial charge in [-0.15, -0.1) is 0 Å². The van der Waals surface area contributed by atoms with Crippen LogP contribution in [-0.4, -0.2) is 9.97 Å². The summed E-state index contributed by atoms with van der Waals surface area (Å²) in [5.41, 5.74) is 5.56. The van der Waals surface area contributed by atoms with Crippen LogP contribution >= 0.6 is 11.6 Å². The molecule has 82 valence electrons. The second kappa shape index (κ2) is 4.22. The second-order valence-corrected chi connectivity index (χ2v) is 4.40. The van der Waals surface area contributed by atoms with Crippen LogP contribution in [0.1, 0.15) is 16.7 Å². The van der Waals surface area contributed by atoms with Crippen molar-refractivity contribution in [2.24, 2.45) is 0 Å². The molecule has 1 aromatic heterocycles. The Hall–Kier alpha value is -1.41. The first-order valence-corrected chi connectivity index (χ1v) is 5.51. The molecule has 0 aliphatic heterocycles. The highest BCUT2D eigenvalue weighted by atomic mass is 35.5. The van der Waals surface area contributed by atoms with E-state index in [4.69, 9.17) is 11.6 Å². The van der Waals surface area contributed by atoms with E-state index in [2.05, 4.69) is 42.9 Å². The highest BCUT2D eigenvalue weighted by Crippen LogP contribution is 2.30. The summed E-state index contributed by atoms with van der Waals surface area (Å²) in [5.74, 6) is 0. The van der Waals surface area contributed by atoms with Crippen molar-refractivity contribution in [2.75, 3.05) is 0 Å². The summed E-state index contributed by atoms with van der Waals surface area (Å²) in [4.78, 5) is 8.16. The Morgan fingerprint density at radius 2 is 1.69 bits per heavy atom. The first-order chi connectivity index (χ1) is 7.59. The van der Waals surface area contributed by atoms with Crippen LogP contribution in [0.2, 0.25) is 5.02 Å². The molecule has 0 aliphatic carbocycles. The number of hydrogen-bond donors (Lipinski definition) is 0. The number of halogens is 1. The van der Waals surface area contributed by atoms with Crippen LogP contribution in [0.3, 0.4) is 0 Å². The van der Waals surface area contributed by atoms with E-state index in [1.54, 1.807) is 6.20 Å². The molecule has 0 amide bonds. The van der Waals surface area contributed by atoms with Crippen LogP contribution in [0.5, 0.6) is 0 Å². The normalized spacial score (nSPS) is 10.5. The van der Waals surface area contributed by atoms with Gasteiger partial charge in [0.05, 0.1) is 10.7 Å². The van der Waals surface area contributed by atoms with Crippen LogP contribution in [0, 0.1) is 20.8 Å². The molecule has 0 bridgehead atoms. The zero-order chi connectivity index (χ0) is 11.7. The fraction of sp³-hybridized carbons (Fsp3) is 0.231. The van der Waals surface area contributed by atoms with Gasteiger partial charge in [0, 0.05) is 11.8 Å². The molecule has 16 heavy (non-hydrogen) atoms. The predicted molar refractivity (Wildman–Crippen MR) is 66.7 cm³/mol. The van der Waals surface area contributed by atoms with Gasteiger partial charge in [0.1, 0.15) is 6.33 Å². The molecular formula is C13H13ClN2. The van der Waals surface area contributed by atoms with Gasteiger partial charge in [-0.2, -0.15) is 0 Å². The Balaban J connectivity index is 2.70. The molecule has 2 aromatic rings. The standard InChI is InChI=1S/C13H13ClN2/c1-8-4-9(2)12(10(3)5-8)13-11(14)6-15-7-16-13/h4-7H,1-3H3. The van der Waals surface area contributed by atoms with Gasteiger partial charge in [0.15, 0.2) is 0 Å². The lowest BCUT2D eigenvalue weighted by molar-refractivity contribution is 1.16. The molecule has 0 unspecified atom stereocenters. The van der Waals surface area contributed by atoms with Crippen molar-refractivity contribution >= 4 is 11.6 Å². The number of nitrogens with zero attached hydrogens (tertiary/aromatic N) is 2. The molecule has 3 heteroatoms. The smallest absolute Gasteiger partial charge is 0.116 e. The van der Waals surface area contributed by atoms with E-state index in [1.165, 1.54) is 23.0 Å². The van der Waals surface area contributed by atoms with Crippen LogP contribution in [0.25, 0.3) is 11.3 Å². The summed E-state index contributed by atoms with van der Waals surface area (Å²) in [6.45, 7) is 6.24. The van der Waals surface area contributed by atoms with E-state index >= 15 is 0 Å². The molecule has 0 aliphatic rings. The van der Waals surface area contributed by atoms with Crippen LogP contribution in [0.15, 0.2) is 24.7 Å². The van der Waals surface area contributed by atoms with Gasteiger partial charge in [-0.1, -0.05) is 29.3 Å². The van der Waals surface area contributed by atoms with Crippen LogP contribution in [0.4, 0.5) is 0 Å². The summed E-state index contributed by atoms with van der Waals surface area (Å²) in [7, 11) is 0. The highest BCUT2D eigenvalue weighted by Gasteiger charge is 2.11. The van der Waals surface area contributed by atoms with Gasteiger partial charge in [-0.05, 0) is 31.9 Å². The lowest BCUT2D eigenvalue weighted by Crippen LogP contribution is -1.94. The monoisotopic (exact) mass is 232 g/mol. The minimum absolute atomic E-state index is 0.595.